The second-order valence-corrected chi connectivity index (χ2v) is 10.6. The summed E-state index contributed by atoms with van der Waals surface area (Å²) in [5.41, 5.74) is 6.17. The molecule has 0 radical (unpaired) electrons. The Hall–Kier alpha value is -4.14. The predicted octanol–water partition coefficient (Wildman–Crippen LogP) is 6.22. The highest BCUT2D eigenvalue weighted by Gasteiger charge is 2.28. The van der Waals surface area contributed by atoms with Crippen molar-refractivity contribution in [2.45, 2.75) is 52.2 Å². The van der Waals surface area contributed by atoms with Gasteiger partial charge in [0.15, 0.2) is 0 Å². The molecule has 8 heteroatoms. The van der Waals surface area contributed by atoms with Gasteiger partial charge < -0.3 is 23.9 Å². The number of nitrogens with zero attached hydrogens (tertiary/aromatic N) is 2. The van der Waals surface area contributed by atoms with Gasteiger partial charge in [-0.1, -0.05) is 54.6 Å². The van der Waals surface area contributed by atoms with Crippen LogP contribution in [-0.4, -0.2) is 52.3 Å². The lowest BCUT2D eigenvalue weighted by Crippen LogP contribution is -2.15. The number of carbonyl (C=O) groups is 1. The Kier molecular flexibility index (Phi) is 8.53. The lowest BCUT2D eigenvalue weighted by Gasteiger charge is -2.13. The summed E-state index contributed by atoms with van der Waals surface area (Å²) in [6.07, 6.45) is 3.55. The topological polar surface area (TPSA) is 98.6 Å². The number of rotatable bonds is 9. The van der Waals surface area contributed by atoms with Gasteiger partial charge in [0.05, 0.1) is 36.7 Å². The molecule has 0 saturated heterocycles. The molecule has 6 rings (SSSR count). The van der Waals surface area contributed by atoms with Gasteiger partial charge in [0.1, 0.15) is 11.4 Å². The molecule has 0 saturated carbocycles. The lowest BCUT2D eigenvalue weighted by molar-refractivity contribution is 0.0512. The van der Waals surface area contributed by atoms with E-state index in [-0.39, 0.29) is 12.6 Å². The highest BCUT2D eigenvalue weighted by molar-refractivity contribution is 6.05. The van der Waals surface area contributed by atoms with Gasteiger partial charge in [-0.25, -0.2) is 4.79 Å². The van der Waals surface area contributed by atoms with Crippen molar-refractivity contribution in [1.82, 2.24) is 14.8 Å². The average Bonchev–Trinajstić information content (AvgIpc) is 3.54. The van der Waals surface area contributed by atoms with Crippen molar-refractivity contribution in [2.24, 2.45) is 0 Å². The first kappa shape index (κ1) is 28.0. The standard InChI is InChI=1S/C34H37N3O5/c1-2-41-34(39)33-26(15-9-21-42-30-16-7-11-23-10-3-4-12-24(23)30)25-13-8-14-27-31-28(17-19-38)35-36-29(31)22-40-20-6-5-18-37(33)32(25)27/h3-4,7-8,10-14,16,38H,2,5-6,9,15,17-22H2,1H3,(H,35,36). The van der Waals surface area contributed by atoms with E-state index in [9.17, 15) is 9.90 Å². The maximum absolute atomic E-state index is 13.6. The van der Waals surface area contributed by atoms with Crippen LogP contribution in [0.5, 0.6) is 5.75 Å². The SMILES string of the molecule is CCOC(=O)c1c(CCCOc2cccc3ccccc23)c2cccc3c2n1CCCCOCc1[nH]nc(CCO)c1-3. The number of ether oxygens (including phenoxy) is 3. The maximum Gasteiger partial charge on any atom is 0.355 e. The molecule has 1 aliphatic rings. The summed E-state index contributed by atoms with van der Waals surface area (Å²) in [7, 11) is 0. The van der Waals surface area contributed by atoms with E-state index in [1.165, 1.54) is 0 Å². The van der Waals surface area contributed by atoms with Crippen molar-refractivity contribution < 1.29 is 24.1 Å². The second kappa shape index (κ2) is 12.8. The summed E-state index contributed by atoms with van der Waals surface area (Å²) in [5.74, 6) is 0.558. The number of hydrogen-bond donors (Lipinski definition) is 2. The van der Waals surface area contributed by atoms with E-state index in [1.807, 2.05) is 37.3 Å². The van der Waals surface area contributed by atoms with Gasteiger partial charge >= 0.3 is 5.97 Å². The third kappa shape index (κ3) is 5.40. The fraction of sp³-hybridized carbons (Fsp3) is 0.353. The molecule has 0 bridgehead atoms. The van der Waals surface area contributed by atoms with Gasteiger partial charge in [-0.2, -0.15) is 5.10 Å². The molecule has 3 aromatic carbocycles. The third-order valence-corrected chi connectivity index (χ3v) is 7.93. The molecule has 0 aliphatic carbocycles. The quantitative estimate of drug-likeness (QED) is 0.162. The van der Waals surface area contributed by atoms with Crippen LogP contribution in [0.1, 0.15) is 53.6 Å². The molecule has 0 fully saturated rings. The normalized spacial score (nSPS) is 13.6. The maximum atomic E-state index is 13.6. The van der Waals surface area contributed by atoms with Crippen LogP contribution in [0.3, 0.4) is 0 Å². The summed E-state index contributed by atoms with van der Waals surface area (Å²) in [4.78, 5) is 13.6. The molecule has 42 heavy (non-hydrogen) atoms. The summed E-state index contributed by atoms with van der Waals surface area (Å²) < 4.78 is 20.0. The summed E-state index contributed by atoms with van der Waals surface area (Å²) in [6.45, 7) is 4.34. The Morgan fingerprint density at radius 2 is 1.88 bits per heavy atom. The fourth-order valence-corrected chi connectivity index (χ4v) is 6.12. The summed E-state index contributed by atoms with van der Waals surface area (Å²) in [6, 6.07) is 20.5. The van der Waals surface area contributed by atoms with Gasteiger partial charge in [-0.3, -0.25) is 5.10 Å². The number of esters is 1. The zero-order valence-corrected chi connectivity index (χ0v) is 24.0. The number of nitrogens with one attached hydrogen (secondary N) is 1. The van der Waals surface area contributed by atoms with Crippen molar-refractivity contribution in [3.63, 3.8) is 0 Å². The van der Waals surface area contributed by atoms with Crippen molar-refractivity contribution >= 4 is 27.6 Å². The van der Waals surface area contributed by atoms with E-state index >= 15 is 0 Å². The smallest absolute Gasteiger partial charge is 0.355 e. The van der Waals surface area contributed by atoms with Gasteiger partial charge in [0.25, 0.3) is 0 Å². The van der Waals surface area contributed by atoms with Crippen molar-refractivity contribution in [3.05, 3.63) is 83.3 Å². The molecule has 2 N–H and O–H groups in total. The monoisotopic (exact) mass is 567 g/mol. The van der Waals surface area contributed by atoms with Crippen LogP contribution in [-0.2, 0) is 35.5 Å². The Bertz CT molecular complexity index is 1700. The van der Waals surface area contributed by atoms with Crippen LogP contribution in [0, 0.1) is 0 Å². The van der Waals surface area contributed by atoms with E-state index in [1.54, 1.807) is 0 Å². The van der Waals surface area contributed by atoms with Crippen LogP contribution in [0.25, 0.3) is 32.8 Å². The highest BCUT2D eigenvalue weighted by Crippen LogP contribution is 2.39. The van der Waals surface area contributed by atoms with Gasteiger partial charge in [0, 0.05) is 48.1 Å². The molecule has 0 amide bonds. The van der Waals surface area contributed by atoms with E-state index in [0.717, 1.165) is 74.8 Å². The third-order valence-electron chi connectivity index (χ3n) is 7.93. The van der Waals surface area contributed by atoms with Gasteiger partial charge in [-0.05, 0) is 49.6 Å². The van der Waals surface area contributed by atoms with Gasteiger partial charge in [0.2, 0.25) is 0 Å². The number of aromatic nitrogens is 3. The molecular formula is C34H37N3O5. The number of aromatic amines is 1. The molecule has 2 aromatic heterocycles. The number of para-hydroxylation sites is 1. The van der Waals surface area contributed by atoms with Crippen LogP contribution >= 0.6 is 0 Å². The minimum atomic E-state index is -0.307. The minimum Gasteiger partial charge on any atom is -0.493 e. The van der Waals surface area contributed by atoms with E-state index in [2.05, 4.69) is 45.1 Å². The number of H-pyrrole nitrogens is 1. The first-order chi connectivity index (χ1) is 20.7. The molecule has 5 aromatic rings. The zero-order valence-electron chi connectivity index (χ0n) is 24.0. The van der Waals surface area contributed by atoms with Gasteiger partial charge in [-0.15, -0.1) is 0 Å². The number of carbonyl (C=O) groups excluding carboxylic acids is 1. The van der Waals surface area contributed by atoms with E-state index < -0.39 is 0 Å². The molecule has 0 unspecified atom stereocenters. The van der Waals surface area contributed by atoms with E-state index in [0.29, 0.717) is 51.5 Å². The first-order valence-electron chi connectivity index (χ1n) is 14.9. The summed E-state index contributed by atoms with van der Waals surface area (Å²) >= 11 is 0. The number of aliphatic hydroxyl groups is 1. The zero-order chi connectivity index (χ0) is 28.9. The molecule has 1 aliphatic heterocycles. The largest absolute Gasteiger partial charge is 0.493 e. The summed E-state index contributed by atoms with van der Waals surface area (Å²) in [5, 5.41) is 20.7. The second-order valence-electron chi connectivity index (χ2n) is 10.6. The number of aryl methyl sites for hydroxylation is 2. The highest BCUT2D eigenvalue weighted by atomic mass is 16.5. The Morgan fingerprint density at radius 1 is 1.05 bits per heavy atom. The van der Waals surface area contributed by atoms with Crippen LogP contribution in [0.2, 0.25) is 0 Å². The van der Waals surface area contributed by atoms with Crippen LogP contribution in [0.4, 0.5) is 0 Å². The van der Waals surface area contributed by atoms with Crippen molar-refractivity contribution in [3.8, 4) is 16.9 Å². The van der Waals surface area contributed by atoms with E-state index in [4.69, 9.17) is 14.2 Å². The number of benzene rings is 3. The van der Waals surface area contributed by atoms with Crippen LogP contribution < -0.4 is 4.74 Å². The number of hydrogen-bond acceptors (Lipinski definition) is 6. The minimum absolute atomic E-state index is 0.00876. The molecule has 0 spiro atoms. The number of fused-ring (bicyclic) bond motifs is 3. The lowest BCUT2D eigenvalue weighted by atomic mass is 9.97. The van der Waals surface area contributed by atoms with Crippen molar-refractivity contribution in [1.29, 1.82) is 0 Å². The first-order valence-corrected chi connectivity index (χ1v) is 14.9. The molecular weight excluding hydrogens is 530 g/mol. The number of aliphatic hydroxyl groups excluding tert-OH is 1. The molecule has 0 atom stereocenters. The fourth-order valence-electron chi connectivity index (χ4n) is 6.12. The van der Waals surface area contributed by atoms with Crippen LogP contribution in [0.15, 0.2) is 60.7 Å². The molecule has 218 valence electrons. The Morgan fingerprint density at radius 3 is 2.76 bits per heavy atom. The Balaban J connectivity index is 1.41. The average molecular weight is 568 g/mol. The Labute approximate surface area is 245 Å². The molecule has 8 nitrogen and oxygen atoms in total. The molecule has 3 heterocycles. The predicted molar refractivity (Wildman–Crippen MR) is 163 cm³/mol. The van der Waals surface area contributed by atoms with Crippen molar-refractivity contribution in [2.75, 3.05) is 26.4 Å².